The van der Waals surface area contributed by atoms with Gasteiger partial charge in [0.1, 0.15) is 0 Å². The summed E-state index contributed by atoms with van der Waals surface area (Å²) in [7, 11) is 0. The van der Waals surface area contributed by atoms with Crippen LogP contribution < -0.4 is 10.8 Å². The second-order valence-corrected chi connectivity index (χ2v) is 14.1. The second-order valence-electron chi connectivity index (χ2n) is 14.1. The SMILES string of the molecule is O=C(CCCCCC(=O)NCc1cccc(-c2cccc([C@H]3O[C@@H](CN4CCN(Cc5ccccc5)CC4)C[C@@H](c4ccc(CO)cc4)O3)c2)c1)NO. The van der Waals surface area contributed by atoms with Crippen molar-refractivity contribution in [1.29, 1.82) is 0 Å². The Balaban J connectivity index is 1.08. The van der Waals surface area contributed by atoms with Gasteiger partial charge in [0.25, 0.3) is 0 Å². The van der Waals surface area contributed by atoms with Crippen LogP contribution in [0, 0.1) is 0 Å². The Morgan fingerprint density at radius 3 is 2.09 bits per heavy atom. The van der Waals surface area contributed by atoms with Crippen molar-refractivity contribution in [2.24, 2.45) is 0 Å². The smallest absolute Gasteiger partial charge is 0.243 e. The minimum atomic E-state index is -0.545. The highest BCUT2D eigenvalue weighted by Crippen LogP contribution is 2.39. The average Bonchev–Trinajstić information content (AvgIpc) is 3.21. The van der Waals surface area contributed by atoms with Crippen LogP contribution in [0.25, 0.3) is 11.1 Å². The zero-order chi connectivity index (χ0) is 36.8. The van der Waals surface area contributed by atoms with Gasteiger partial charge in [0.05, 0.1) is 18.8 Å². The number of piperazine rings is 1. The van der Waals surface area contributed by atoms with Crippen molar-refractivity contribution < 1.29 is 29.4 Å². The number of hydrogen-bond acceptors (Lipinski definition) is 8. The molecule has 4 aromatic rings. The number of carbonyl (C=O) groups excluding carboxylic acids is 2. The number of rotatable bonds is 16. The summed E-state index contributed by atoms with van der Waals surface area (Å²) in [4.78, 5) is 28.6. The van der Waals surface area contributed by atoms with Crippen LogP contribution in [0.15, 0.2) is 103 Å². The zero-order valence-corrected chi connectivity index (χ0v) is 30.4. The van der Waals surface area contributed by atoms with Gasteiger partial charge in [-0.3, -0.25) is 24.6 Å². The molecule has 4 N–H and O–H groups in total. The third-order valence-corrected chi connectivity index (χ3v) is 10.1. The molecule has 0 radical (unpaired) electrons. The van der Waals surface area contributed by atoms with E-state index in [0.717, 1.165) is 85.5 Å². The van der Waals surface area contributed by atoms with E-state index >= 15 is 0 Å². The number of aliphatic hydroxyl groups excluding tert-OH is 1. The van der Waals surface area contributed by atoms with Crippen molar-refractivity contribution in [2.75, 3.05) is 32.7 Å². The first-order valence-corrected chi connectivity index (χ1v) is 18.8. The van der Waals surface area contributed by atoms with Gasteiger partial charge in [-0.15, -0.1) is 0 Å². The van der Waals surface area contributed by atoms with Crippen LogP contribution in [0.3, 0.4) is 0 Å². The lowest BCUT2D eigenvalue weighted by Crippen LogP contribution is -2.49. The summed E-state index contributed by atoms with van der Waals surface area (Å²) >= 11 is 0. The van der Waals surface area contributed by atoms with E-state index < -0.39 is 12.2 Å². The van der Waals surface area contributed by atoms with Gasteiger partial charge in [-0.1, -0.05) is 97.4 Å². The molecule has 53 heavy (non-hydrogen) atoms. The maximum Gasteiger partial charge on any atom is 0.243 e. The van der Waals surface area contributed by atoms with Crippen LogP contribution in [-0.2, 0) is 38.8 Å². The van der Waals surface area contributed by atoms with Gasteiger partial charge in [0, 0.05) is 70.6 Å². The average molecular weight is 721 g/mol. The second kappa shape index (κ2) is 19.6. The molecule has 4 aromatic carbocycles. The number of nitrogens with one attached hydrogen (secondary N) is 2. The van der Waals surface area contributed by atoms with Gasteiger partial charge in [-0.25, -0.2) is 5.48 Å². The highest BCUT2D eigenvalue weighted by Gasteiger charge is 2.34. The molecule has 6 rings (SSSR count). The molecule has 2 aliphatic rings. The van der Waals surface area contributed by atoms with Gasteiger partial charge in [-0.2, -0.15) is 0 Å². The lowest BCUT2D eigenvalue weighted by molar-refractivity contribution is -0.253. The molecule has 0 aliphatic carbocycles. The highest BCUT2D eigenvalue weighted by molar-refractivity contribution is 5.76. The third-order valence-electron chi connectivity index (χ3n) is 10.1. The van der Waals surface area contributed by atoms with Crippen LogP contribution in [0.5, 0.6) is 0 Å². The number of ether oxygens (including phenoxy) is 2. The molecule has 2 aliphatic heterocycles. The van der Waals surface area contributed by atoms with Crippen molar-refractivity contribution in [3.8, 4) is 11.1 Å². The first-order valence-electron chi connectivity index (χ1n) is 18.8. The minimum Gasteiger partial charge on any atom is -0.392 e. The van der Waals surface area contributed by atoms with Crippen molar-refractivity contribution in [1.82, 2.24) is 20.6 Å². The molecule has 3 atom stereocenters. The Labute approximate surface area is 312 Å². The summed E-state index contributed by atoms with van der Waals surface area (Å²) in [6.45, 7) is 6.26. The van der Waals surface area contributed by atoms with Crippen molar-refractivity contribution in [3.63, 3.8) is 0 Å². The molecular formula is C43H52N4O6. The Bertz CT molecular complexity index is 1750. The molecule has 0 saturated carbocycles. The first-order chi connectivity index (χ1) is 25.9. The Morgan fingerprint density at radius 1 is 0.679 bits per heavy atom. The van der Waals surface area contributed by atoms with Crippen LogP contribution >= 0.6 is 0 Å². The molecule has 0 bridgehead atoms. The fourth-order valence-electron chi connectivity index (χ4n) is 7.11. The van der Waals surface area contributed by atoms with Gasteiger partial charge < -0.3 is 19.9 Å². The molecule has 2 heterocycles. The number of hydroxylamine groups is 1. The summed E-state index contributed by atoms with van der Waals surface area (Å²) in [5, 5.41) is 21.2. The molecule has 2 fully saturated rings. The minimum absolute atomic E-state index is 0.00578. The molecule has 280 valence electrons. The third kappa shape index (κ3) is 11.5. The number of amides is 2. The molecule has 10 heteroatoms. The molecule has 0 spiro atoms. The van der Waals surface area contributed by atoms with Gasteiger partial charge in [0.2, 0.25) is 11.8 Å². The Hall–Kier alpha value is -4.42. The molecule has 0 unspecified atom stereocenters. The van der Waals surface area contributed by atoms with Gasteiger partial charge >= 0.3 is 0 Å². The summed E-state index contributed by atoms with van der Waals surface area (Å²) in [5.74, 6) is -0.434. The Kier molecular flexibility index (Phi) is 14.2. The van der Waals surface area contributed by atoms with E-state index in [1.807, 2.05) is 30.3 Å². The normalized spacial score (nSPS) is 19.5. The van der Waals surface area contributed by atoms with E-state index in [4.69, 9.17) is 14.7 Å². The van der Waals surface area contributed by atoms with E-state index in [9.17, 15) is 14.7 Å². The summed E-state index contributed by atoms with van der Waals surface area (Å²) < 4.78 is 13.4. The summed E-state index contributed by atoms with van der Waals surface area (Å²) in [5.41, 5.74) is 8.96. The fraction of sp³-hybridized carbons (Fsp3) is 0.395. The quantitative estimate of drug-likeness (QED) is 0.0606. The van der Waals surface area contributed by atoms with E-state index in [2.05, 4.69) is 87.9 Å². The lowest BCUT2D eigenvalue weighted by Gasteiger charge is -2.41. The number of unbranched alkanes of at least 4 members (excludes halogenated alkanes) is 2. The van der Waals surface area contributed by atoms with Gasteiger partial charge in [-0.05, 0) is 58.4 Å². The first kappa shape index (κ1) is 38.3. The van der Waals surface area contributed by atoms with E-state index in [1.54, 1.807) is 5.48 Å². The number of hydrogen-bond donors (Lipinski definition) is 4. The number of carbonyl (C=O) groups is 2. The largest absolute Gasteiger partial charge is 0.392 e. The van der Waals surface area contributed by atoms with Crippen LogP contribution in [0.4, 0.5) is 0 Å². The molecule has 10 nitrogen and oxygen atoms in total. The van der Waals surface area contributed by atoms with E-state index in [-0.39, 0.29) is 31.1 Å². The number of nitrogens with zero attached hydrogens (tertiary/aromatic N) is 2. The maximum atomic E-state index is 12.5. The summed E-state index contributed by atoms with van der Waals surface area (Å²) in [6.07, 6.45) is 2.72. The maximum absolute atomic E-state index is 12.5. The monoisotopic (exact) mass is 720 g/mol. The molecule has 2 saturated heterocycles. The molecular weight excluding hydrogens is 668 g/mol. The predicted octanol–water partition coefficient (Wildman–Crippen LogP) is 6.28. The number of benzene rings is 4. The predicted molar refractivity (Wildman–Crippen MR) is 203 cm³/mol. The fourth-order valence-corrected chi connectivity index (χ4v) is 7.11. The topological polar surface area (TPSA) is 124 Å². The lowest BCUT2D eigenvalue weighted by atomic mass is 9.98. The Morgan fingerprint density at radius 2 is 1.36 bits per heavy atom. The van der Waals surface area contributed by atoms with Crippen molar-refractivity contribution in [2.45, 2.75) is 76.7 Å². The van der Waals surface area contributed by atoms with Crippen LogP contribution in [0.1, 0.15) is 78.7 Å². The van der Waals surface area contributed by atoms with E-state index in [1.165, 1.54) is 5.56 Å². The van der Waals surface area contributed by atoms with E-state index in [0.29, 0.717) is 25.8 Å². The van der Waals surface area contributed by atoms with Crippen LogP contribution in [0.2, 0.25) is 0 Å². The van der Waals surface area contributed by atoms with Gasteiger partial charge in [0.15, 0.2) is 6.29 Å². The molecule has 0 aromatic heterocycles. The zero-order valence-electron chi connectivity index (χ0n) is 30.4. The van der Waals surface area contributed by atoms with Crippen molar-refractivity contribution in [3.05, 3.63) is 131 Å². The number of aliphatic hydroxyl groups is 1. The summed E-state index contributed by atoms with van der Waals surface area (Å²) in [6, 6.07) is 35.2. The van der Waals surface area contributed by atoms with Crippen molar-refractivity contribution >= 4 is 11.8 Å². The highest BCUT2D eigenvalue weighted by atomic mass is 16.7. The van der Waals surface area contributed by atoms with Crippen LogP contribution in [-0.4, -0.2) is 70.8 Å². The molecule has 2 amide bonds. The standard InChI is InChI=1S/C43H52N4O6/c48-31-33-17-19-35(20-18-33)40-27-39(30-47-23-21-46(22-24-47)29-32-9-3-1-4-10-32)52-43(53-40)38-14-8-13-37(26-38)36-12-7-11-34(25-36)28-44-41(49)15-5-2-6-16-42(50)45-51/h1,3-4,7-14,17-20,25-26,39-40,43,48,51H,2,5-6,15-16,21-24,27-31H2,(H,44,49)(H,45,50)/t39-,40+,43+/m1/s1.